The summed E-state index contributed by atoms with van der Waals surface area (Å²) in [5.74, 6) is 1.07. The lowest BCUT2D eigenvalue weighted by molar-refractivity contribution is -0.385. The van der Waals surface area contributed by atoms with Crippen LogP contribution in [0.4, 0.5) is 11.5 Å². The van der Waals surface area contributed by atoms with Crippen LogP contribution in [-0.2, 0) is 0 Å². The van der Waals surface area contributed by atoms with Gasteiger partial charge in [0, 0.05) is 30.4 Å². The first-order chi connectivity index (χ1) is 13.5. The van der Waals surface area contributed by atoms with Crippen molar-refractivity contribution in [3.8, 4) is 17.0 Å². The minimum atomic E-state index is -0.487. The lowest BCUT2D eigenvalue weighted by Crippen LogP contribution is -2.08. The second-order valence-corrected chi connectivity index (χ2v) is 5.73. The van der Waals surface area contributed by atoms with Crippen molar-refractivity contribution in [1.29, 1.82) is 0 Å². The molecule has 2 aromatic heterocycles. The molecular weight excluding hydrogens is 362 g/mol. The van der Waals surface area contributed by atoms with E-state index in [0.29, 0.717) is 34.0 Å². The Labute approximate surface area is 159 Å². The van der Waals surface area contributed by atoms with Crippen LogP contribution in [-0.4, -0.2) is 34.0 Å². The van der Waals surface area contributed by atoms with Gasteiger partial charge in [0.25, 0.3) is 11.2 Å². The first-order valence-corrected chi connectivity index (χ1v) is 8.25. The highest BCUT2D eigenvalue weighted by Gasteiger charge is 2.12. The molecule has 0 aliphatic rings. The molecule has 142 valence electrons. The molecule has 0 atom stereocenters. The fourth-order valence-electron chi connectivity index (χ4n) is 2.54. The third kappa shape index (κ3) is 4.04. The van der Waals surface area contributed by atoms with E-state index in [-0.39, 0.29) is 11.2 Å². The quantitative estimate of drug-likeness (QED) is 0.498. The molecule has 0 amide bonds. The second kappa shape index (κ2) is 8.12. The maximum absolute atomic E-state index is 12.2. The Kier molecular flexibility index (Phi) is 5.45. The maximum Gasteiger partial charge on any atom is 0.276 e. The van der Waals surface area contributed by atoms with Gasteiger partial charge in [0.05, 0.1) is 35.7 Å². The third-order valence-corrected chi connectivity index (χ3v) is 3.99. The minimum Gasteiger partial charge on any atom is -0.497 e. The lowest BCUT2D eigenvalue weighted by Gasteiger charge is -2.04. The Hall–Kier alpha value is -4.01. The van der Waals surface area contributed by atoms with E-state index in [9.17, 15) is 14.9 Å². The van der Waals surface area contributed by atoms with Gasteiger partial charge in [-0.05, 0) is 30.4 Å². The highest BCUT2D eigenvalue weighted by Crippen LogP contribution is 2.26. The van der Waals surface area contributed by atoms with E-state index in [1.807, 2.05) is 0 Å². The monoisotopic (exact) mass is 379 g/mol. The minimum absolute atomic E-state index is 0.0859. The van der Waals surface area contributed by atoms with E-state index in [0.717, 1.165) is 0 Å². The van der Waals surface area contributed by atoms with Gasteiger partial charge in [0.15, 0.2) is 0 Å². The molecule has 28 heavy (non-hydrogen) atoms. The molecule has 2 N–H and O–H groups in total. The van der Waals surface area contributed by atoms with E-state index in [2.05, 4.69) is 20.3 Å². The number of ether oxygens (including phenoxy) is 1. The van der Waals surface area contributed by atoms with Crippen molar-refractivity contribution >= 4 is 23.7 Å². The fourth-order valence-corrected chi connectivity index (χ4v) is 2.54. The molecule has 1 aromatic carbocycles. The number of methoxy groups -OCH3 is 1. The van der Waals surface area contributed by atoms with E-state index in [4.69, 9.17) is 4.74 Å². The summed E-state index contributed by atoms with van der Waals surface area (Å²) in [7, 11) is 3.21. The molecule has 0 fully saturated rings. The molecule has 0 aliphatic heterocycles. The Morgan fingerprint density at radius 2 is 2.00 bits per heavy atom. The van der Waals surface area contributed by atoms with Crippen molar-refractivity contribution in [2.24, 2.45) is 0 Å². The van der Waals surface area contributed by atoms with Crippen LogP contribution in [0, 0.1) is 10.1 Å². The van der Waals surface area contributed by atoms with Crippen molar-refractivity contribution in [3.05, 3.63) is 74.5 Å². The summed E-state index contributed by atoms with van der Waals surface area (Å²) < 4.78 is 5.12. The number of hydrogen-bond acceptors (Lipinski definition) is 7. The average Bonchev–Trinajstić information content (AvgIpc) is 2.72. The number of rotatable bonds is 6. The summed E-state index contributed by atoms with van der Waals surface area (Å²) in [4.78, 5) is 34.1. The van der Waals surface area contributed by atoms with E-state index in [1.54, 1.807) is 25.5 Å². The topological polar surface area (TPSA) is 123 Å². The maximum atomic E-state index is 12.2. The first kappa shape index (κ1) is 18.8. The Morgan fingerprint density at radius 3 is 2.71 bits per heavy atom. The van der Waals surface area contributed by atoms with Crippen LogP contribution < -0.4 is 15.6 Å². The van der Waals surface area contributed by atoms with Gasteiger partial charge in [-0.3, -0.25) is 19.9 Å². The molecule has 0 radical (unpaired) electrons. The zero-order chi connectivity index (χ0) is 20.1. The number of aromatic amines is 1. The van der Waals surface area contributed by atoms with Crippen molar-refractivity contribution in [2.75, 3.05) is 19.5 Å². The lowest BCUT2D eigenvalue weighted by atomic mass is 10.1. The standard InChI is InChI=1S/C19H17N5O4/c1-20-18-11-21-10-16(23-18)14-7-13(19(25)22-9-14)4-3-12-8-15(28-2)5-6-17(12)24(26)27/h3-11H,1-2H3,(H,20,23)(H,22,25). The molecule has 0 unspecified atom stereocenters. The smallest absolute Gasteiger partial charge is 0.276 e. The Bertz CT molecular complexity index is 1110. The number of anilines is 1. The van der Waals surface area contributed by atoms with Gasteiger partial charge in [-0.1, -0.05) is 0 Å². The zero-order valence-electron chi connectivity index (χ0n) is 15.2. The molecule has 0 saturated carbocycles. The summed E-state index contributed by atoms with van der Waals surface area (Å²) in [5, 5.41) is 14.1. The third-order valence-electron chi connectivity index (χ3n) is 3.99. The van der Waals surface area contributed by atoms with Crippen LogP contribution in [0.5, 0.6) is 5.75 Å². The molecule has 3 aromatic rings. The number of hydrogen-bond donors (Lipinski definition) is 2. The van der Waals surface area contributed by atoms with Gasteiger partial charge < -0.3 is 15.0 Å². The van der Waals surface area contributed by atoms with Gasteiger partial charge in [0.1, 0.15) is 11.6 Å². The van der Waals surface area contributed by atoms with E-state index >= 15 is 0 Å². The highest BCUT2D eigenvalue weighted by atomic mass is 16.6. The largest absolute Gasteiger partial charge is 0.497 e. The van der Waals surface area contributed by atoms with Crippen molar-refractivity contribution in [3.63, 3.8) is 0 Å². The van der Waals surface area contributed by atoms with Crippen LogP contribution in [0.2, 0.25) is 0 Å². The van der Waals surface area contributed by atoms with Gasteiger partial charge in [-0.15, -0.1) is 0 Å². The summed E-state index contributed by atoms with van der Waals surface area (Å²) in [5.41, 5.74) is 1.46. The van der Waals surface area contributed by atoms with Gasteiger partial charge in [0.2, 0.25) is 0 Å². The number of nitro groups is 1. The summed E-state index contributed by atoms with van der Waals surface area (Å²) in [6.07, 6.45) is 7.72. The molecule has 9 heteroatoms. The number of aromatic nitrogens is 3. The molecule has 3 rings (SSSR count). The molecule has 0 aliphatic carbocycles. The zero-order valence-corrected chi connectivity index (χ0v) is 15.2. The van der Waals surface area contributed by atoms with E-state index in [1.165, 1.54) is 43.7 Å². The van der Waals surface area contributed by atoms with Crippen LogP contribution in [0.1, 0.15) is 11.1 Å². The number of benzene rings is 1. The average molecular weight is 379 g/mol. The normalized spacial score (nSPS) is 10.8. The van der Waals surface area contributed by atoms with Gasteiger partial charge in [-0.25, -0.2) is 4.98 Å². The van der Waals surface area contributed by atoms with Crippen LogP contribution >= 0.6 is 0 Å². The Balaban J connectivity index is 2.01. The molecule has 0 bridgehead atoms. The molecule has 0 spiro atoms. The molecule has 0 saturated heterocycles. The number of H-pyrrole nitrogens is 1. The molecule has 9 nitrogen and oxygen atoms in total. The summed E-state index contributed by atoms with van der Waals surface area (Å²) >= 11 is 0. The van der Waals surface area contributed by atoms with Crippen LogP contribution in [0.3, 0.4) is 0 Å². The summed E-state index contributed by atoms with van der Waals surface area (Å²) in [6.45, 7) is 0. The molecular formula is C19H17N5O4. The number of nitrogens with zero attached hydrogens (tertiary/aromatic N) is 3. The van der Waals surface area contributed by atoms with Gasteiger partial charge in [-0.2, -0.15) is 0 Å². The fraction of sp³-hybridized carbons (Fsp3) is 0.105. The number of pyridine rings is 1. The van der Waals surface area contributed by atoms with Crippen LogP contribution in [0.25, 0.3) is 23.4 Å². The van der Waals surface area contributed by atoms with Crippen LogP contribution in [0.15, 0.2) is 47.7 Å². The van der Waals surface area contributed by atoms with Crippen molar-refractivity contribution in [2.45, 2.75) is 0 Å². The van der Waals surface area contributed by atoms with Crippen molar-refractivity contribution < 1.29 is 9.66 Å². The highest BCUT2D eigenvalue weighted by molar-refractivity contribution is 5.76. The summed E-state index contributed by atoms with van der Waals surface area (Å²) in [6, 6.07) is 6.05. The predicted octanol–water partition coefficient (Wildman–Crippen LogP) is 2.96. The van der Waals surface area contributed by atoms with Gasteiger partial charge >= 0.3 is 0 Å². The Morgan fingerprint density at radius 1 is 1.21 bits per heavy atom. The SMILES string of the molecule is CNc1cncc(-c2c[nH]c(=O)c(C=Cc3cc(OC)ccc3[N+](=O)[O-])c2)n1. The second-order valence-electron chi connectivity index (χ2n) is 5.73. The molecule has 2 heterocycles. The van der Waals surface area contributed by atoms with E-state index < -0.39 is 4.92 Å². The number of nitro benzene ring substituents is 1. The first-order valence-electron chi connectivity index (χ1n) is 8.25. The van der Waals surface area contributed by atoms with Crippen molar-refractivity contribution in [1.82, 2.24) is 15.0 Å². The predicted molar refractivity (Wildman–Crippen MR) is 106 cm³/mol. The number of nitrogens with one attached hydrogen (secondary N) is 2.